The minimum Gasteiger partial charge on any atom is -0.324 e. The van der Waals surface area contributed by atoms with Crippen LogP contribution in [0.25, 0.3) is 10.4 Å². The average Bonchev–Trinajstić information content (AvgIpc) is 2.93. The molecule has 0 aliphatic carbocycles. The van der Waals surface area contributed by atoms with Gasteiger partial charge in [-0.1, -0.05) is 37.6 Å². The first kappa shape index (κ1) is 14.8. The number of nitrogens with one attached hydrogen (secondary N) is 1. The van der Waals surface area contributed by atoms with Gasteiger partial charge in [0, 0.05) is 16.1 Å². The van der Waals surface area contributed by atoms with Crippen LogP contribution in [0.3, 0.4) is 0 Å². The van der Waals surface area contributed by atoms with Gasteiger partial charge in [0.25, 0.3) is 0 Å². The van der Waals surface area contributed by atoms with E-state index in [2.05, 4.69) is 5.32 Å². The molecule has 0 fully saturated rings. The zero-order valence-corrected chi connectivity index (χ0v) is 12.7. The van der Waals surface area contributed by atoms with Crippen LogP contribution in [0.4, 0.5) is 5.69 Å². The quantitative estimate of drug-likeness (QED) is 0.877. The Kier molecular flexibility index (Phi) is 4.57. The third-order valence-corrected chi connectivity index (χ3v) is 4.15. The van der Waals surface area contributed by atoms with Crippen LogP contribution < -0.4 is 11.1 Å². The number of benzene rings is 1. The standard InChI is InChI=1S/C16H20N2OS/c1-3-10-16(2,17)15(19)18-13-8-5-4-7-12(13)14-9-6-11-20-14/h4-9,11H,3,10,17H2,1-2H3,(H,18,19). The zero-order chi connectivity index (χ0) is 14.6. The third kappa shape index (κ3) is 3.26. The van der Waals surface area contributed by atoms with Gasteiger partial charge in [0.15, 0.2) is 0 Å². The Labute approximate surface area is 123 Å². The molecule has 0 spiro atoms. The van der Waals surface area contributed by atoms with E-state index in [4.69, 9.17) is 5.73 Å². The van der Waals surface area contributed by atoms with Crippen molar-refractivity contribution < 1.29 is 4.79 Å². The van der Waals surface area contributed by atoms with Crippen molar-refractivity contribution >= 4 is 22.9 Å². The number of carbonyl (C=O) groups is 1. The van der Waals surface area contributed by atoms with Gasteiger partial charge in [-0.25, -0.2) is 0 Å². The molecule has 0 aliphatic rings. The lowest BCUT2D eigenvalue weighted by molar-refractivity contribution is -0.120. The van der Waals surface area contributed by atoms with Crippen LogP contribution in [-0.4, -0.2) is 11.4 Å². The van der Waals surface area contributed by atoms with E-state index in [1.54, 1.807) is 18.3 Å². The van der Waals surface area contributed by atoms with E-state index >= 15 is 0 Å². The number of anilines is 1. The van der Waals surface area contributed by atoms with Crippen molar-refractivity contribution in [2.45, 2.75) is 32.2 Å². The first-order valence-corrected chi connectivity index (χ1v) is 7.66. The molecule has 1 atom stereocenters. The molecule has 0 radical (unpaired) electrons. The summed E-state index contributed by atoms with van der Waals surface area (Å²) in [7, 11) is 0. The lowest BCUT2D eigenvalue weighted by atomic mass is 9.96. The van der Waals surface area contributed by atoms with Gasteiger partial charge in [0.2, 0.25) is 5.91 Å². The van der Waals surface area contributed by atoms with Gasteiger partial charge in [0.05, 0.1) is 5.54 Å². The zero-order valence-electron chi connectivity index (χ0n) is 11.8. The van der Waals surface area contributed by atoms with Gasteiger partial charge in [0.1, 0.15) is 0 Å². The number of nitrogens with two attached hydrogens (primary N) is 1. The molecule has 2 rings (SSSR count). The Balaban J connectivity index is 2.25. The molecule has 3 nitrogen and oxygen atoms in total. The Hall–Kier alpha value is -1.65. The Morgan fingerprint density at radius 1 is 1.30 bits per heavy atom. The van der Waals surface area contributed by atoms with E-state index < -0.39 is 5.54 Å². The topological polar surface area (TPSA) is 55.1 Å². The highest BCUT2D eigenvalue weighted by molar-refractivity contribution is 7.13. The van der Waals surface area contributed by atoms with Crippen molar-refractivity contribution in [2.75, 3.05) is 5.32 Å². The highest BCUT2D eigenvalue weighted by Crippen LogP contribution is 2.31. The van der Waals surface area contributed by atoms with Gasteiger partial charge in [-0.2, -0.15) is 0 Å². The highest BCUT2D eigenvalue weighted by Gasteiger charge is 2.27. The first-order valence-electron chi connectivity index (χ1n) is 6.78. The first-order chi connectivity index (χ1) is 9.54. The largest absolute Gasteiger partial charge is 0.324 e. The van der Waals surface area contributed by atoms with E-state index in [9.17, 15) is 4.79 Å². The molecule has 0 saturated heterocycles. The van der Waals surface area contributed by atoms with Crippen molar-refractivity contribution in [3.63, 3.8) is 0 Å². The van der Waals surface area contributed by atoms with Crippen LogP contribution in [0.2, 0.25) is 0 Å². The summed E-state index contributed by atoms with van der Waals surface area (Å²) in [6.07, 6.45) is 1.55. The lowest BCUT2D eigenvalue weighted by Gasteiger charge is -2.23. The molecule has 106 valence electrons. The molecule has 0 saturated carbocycles. The highest BCUT2D eigenvalue weighted by atomic mass is 32.1. The van der Waals surface area contributed by atoms with Gasteiger partial charge < -0.3 is 11.1 Å². The van der Waals surface area contributed by atoms with E-state index in [1.807, 2.05) is 48.7 Å². The lowest BCUT2D eigenvalue weighted by Crippen LogP contribution is -2.48. The molecule has 20 heavy (non-hydrogen) atoms. The van der Waals surface area contributed by atoms with Crippen molar-refractivity contribution in [1.82, 2.24) is 0 Å². The molecule has 1 amide bonds. The Bertz CT molecular complexity index is 576. The monoisotopic (exact) mass is 288 g/mol. The van der Waals surface area contributed by atoms with Crippen LogP contribution in [0.15, 0.2) is 41.8 Å². The van der Waals surface area contributed by atoms with Gasteiger partial charge in [-0.3, -0.25) is 4.79 Å². The van der Waals surface area contributed by atoms with Crippen molar-refractivity contribution in [3.05, 3.63) is 41.8 Å². The maximum Gasteiger partial charge on any atom is 0.244 e. The summed E-state index contributed by atoms with van der Waals surface area (Å²) in [6.45, 7) is 3.80. The van der Waals surface area contributed by atoms with Gasteiger partial charge in [-0.05, 0) is 30.9 Å². The Morgan fingerprint density at radius 3 is 2.70 bits per heavy atom. The van der Waals surface area contributed by atoms with Crippen molar-refractivity contribution in [1.29, 1.82) is 0 Å². The number of thiophene rings is 1. The smallest absolute Gasteiger partial charge is 0.244 e. The van der Waals surface area contributed by atoms with Crippen molar-refractivity contribution in [2.24, 2.45) is 5.73 Å². The summed E-state index contributed by atoms with van der Waals surface area (Å²) >= 11 is 1.65. The molecule has 1 heterocycles. The molecule has 1 aromatic heterocycles. The van der Waals surface area contributed by atoms with E-state index in [0.717, 1.165) is 22.5 Å². The number of hydrogen-bond donors (Lipinski definition) is 2. The maximum atomic E-state index is 12.3. The number of hydrogen-bond acceptors (Lipinski definition) is 3. The molecule has 2 aromatic rings. The van der Waals surface area contributed by atoms with Crippen LogP contribution >= 0.6 is 11.3 Å². The summed E-state index contributed by atoms with van der Waals surface area (Å²) in [5.41, 5.74) is 7.09. The molecule has 4 heteroatoms. The fraction of sp³-hybridized carbons (Fsp3) is 0.312. The summed E-state index contributed by atoms with van der Waals surface area (Å²) in [4.78, 5) is 13.4. The van der Waals surface area contributed by atoms with E-state index in [0.29, 0.717) is 6.42 Å². The summed E-state index contributed by atoms with van der Waals surface area (Å²) in [5, 5.41) is 4.99. The second-order valence-corrected chi connectivity index (χ2v) is 6.09. The number of amides is 1. The molecular weight excluding hydrogens is 268 g/mol. The average molecular weight is 288 g/mol. The molecule has 1 aromatic carbocycles. The number of carbonyl (C=O) groups excluding carboxylic acids is 1. The van der Waals surface area contributed by atoms with Gasteiger partial charge in [-0.15, -0.1) is 11.3 Å². The molecule has 1 unspecified atom stereocenters. The predicted molar refractivity (Wildman–Crippen MR) is 85.9 cm³/mol. The summed E-state index contributed by atoms with van der Waals surface area (Å²) < 4.78 is 0. The minimum absolute atomic E-state index is 0.136. The van der Waals surface area contributed by atoms with Crippen LogP contribution in [0.5, 0.6) is 0 Å². The molecule has 0 bridgehead atoms. The second kappa shape index (κ2) is 6.20. The van der Waals surface area contributed by atoms with Crippen molar-refractivity contribution in [3.8, 4) is 10.4 Å². The van der Waals surface area contributed by atoms with Crippen LogP contribution in [0.1, 0.15) is 26.7 Å². The summed E-state index contributed by atoms with van der Waals surface area (Å²) in [6, 6.07) is 11.9. The molecule has 3 N–H and O–H groups in total. The maximum absolute atomic E-state index is 12.3. The Morgan fingerprint density at radius 2 is 2.05 bits per heavy atom. The summed E-state index contributed by atoms with van der Waals surface area (Å²) in [5.74, 6) is -0.136. The fourth-order valence-corrected chi connectivity index (χ4v) is 2.90. The van der Waals surface area contributed by atoms with E-state index in [1.165, 1.54) is 0 Å². The fourth-order valence-electron chi connectivity index (χ4n) is 2.14. The second-order valence-electron chi connectivity index (χ2n) is 5.14. The van der Waals surface area contributed by atoms with E-state index in [-0.39, 0.29) is 5.91 Å². The van der Waals surface area contributed by atoms with Crippen LogP contribution in [-0.2, 0) is 4.79 Å². The van der Waals surface area contributed by atoms with Gasteiger partial charge >= 0.3 is 0 Å². The third-order valence-electron chi connectivity index (χ3n) is 3.25. The van der Waals surface area contributed by atoms with Crippen LogP contribution in [0, 0.1) is 0 Å². The SMILES string of the molecule is CCCC(C)(N)C(=O)Nc1ccccc1-c1cccs1. The predicted octanol–water partition coefficient (Wildman–Crippen LogP) is 3.87. The molecular formula is C16H20N2OS. The normalized spacial score (nSPS) is 13.8. The number of rotatable bonds is 5. The molecule has 0 aliphatic heterocycles. The minimum atomic E-state index is -0.836. The number of para-hydroxylation sites is 1.